The molecule has 0 aliphatic heterocycles. The molecule has 0 bridgehead atoms. The molecule has 1 aliphatic rings. The molecular formula is C21H22O5S. The summed E-state index contributed by atoms with van der Waals surface area (Å²) in [5, 5.41) is 0. The van der Waals surface area contributed by atoms with Gasteiger partial charge in [-0.3, -0.25) is 9.59 Å². The summed E-state index contributed by atoms with van der Waals surface area (Å²) in [6.45, 7) is 1.51. The third-order valence-corrected chi connectivity index (χ3v) is 6.47. The second-order valence-corrected chi connectivity index (χ2v) is 8.82. The van der Waals surface area contributed by atoms with Crippen molar-refractivity contribution in [3.8, 4) is 0 Å². The maximum atomic E-state index is 12.5. The van der Waals surface area contributed by atoms with Gasteiger partial charge in [0.05, 0.1) is 17.1 Å². The van der Waals surface area contributed by atoms with Gasteiger partial charge in [-0.1, -0.05) is 30.3 Å². The largest absolute Gasteiger partial charge is 0.454 e. The molecule has 0 saturated heterocycles. The van der Waals surface area contributed by atoms with Gasteiger partial charge in [-0.15, -0.1) is 0 Å². The van der Waals surface area contributed by atoms with Crippen LogP contribution in [0.4, 0.5) is 0 Å². The van der Waals surface area contributed by atoms with Crippen LogP contribution in [0.5, 0.6) is 0 Å². The van der Waals surface area contributed by atoms with Crippen molar-refractivity contribution in [3.63, 3.8) is 0 Å². The van der Waals surface area contributed by atoms with E-state index in [2.05, 4.69) is 0 Å². The van der Waals surface area contributed by atoms with Gasteiger partial charge in [0.1, 0.15) is 0 Å². The molecule has 0 spiro atoms. The monoisotopic (exact) mass is 386 g/mol. The van der Waals surface area contributed by atoms with Crippen LogP contribution >= 0.6 is 0 Å². The fourth-order valence-corrected chi connectivity index (χ4v) is 4.48. The molecule has 1 atom stereocenters. The Balaban J connectivity index is 1.56. The number of aryl methyl sites for hydroxylation is 2. The van der Waals surface area contributed by atoms with Gasteiger partial charge >= 0.3 is 5.97 Å². The Morgan fingerprint density at radius 3 is 2.48 bits per heavy atom. The van der Waals surface area contributed by atoms with E-state index in [1.165, 1.54) is 30.2 Å². The first kappa shape index (κ1) is 19.3. The number of hydrogen-bond donors (Lipinski definition) is 0. The van der Waals surface area contributed by atoms with E-state index in [-0.39, 0.29) is 22.9 Å². The molecule has 2 aromatic carbocycles. The minimum Gasteiger partial charge on any atom is -0.454 e. The van der Waals surface area contributed by atoms with E-state index in [9.17, 15) is 18.0 Å². The molecule has 0 heterocycles. The third kappa shape index (κ3) is 4.63. The highest BCUT2D eigenvalue weighted by molar-refractivity contribution is 7.91. The Labute approximate surface area is 159 Å². The van der Waals surface area contributed by atoms with E-state index in [1.54, 1.807) is 24.3 Å². The van der Waals surface area contributed by atoms with Crippen molar-refractivity contribution in [1.82, 2.24) is 0 Å². The predicted octanol–water partition coefficient (Wildman–Crippen LogP) is 3.15. The van der Waals surface area contributed by atoms with Crippen LogP contribution in [-0.2, 0) is 32.2 Å². The number of hydrogen-bond acceptors (Lipinski definition) is 5. The fraction of sp³-hybridized carbons (Fsp3) is 0.333. The zero-order valence-electron chi connectivity index (χ0n) is 15.2. The van der Waals surface area contributed by atoms with Crippen LogP contribution in [0, 0.1) is 0 Å². The minimum atomic E-state index is -3.56. The second kappa shape index (κ2) is 8.05. The maximum Gasteiger partial charge on any atom is 0.307 e. The Bertz CT molecular complexity index is 948. The summed E-state index contributed by atoms with van der Waals surface area (Å²) in [7, 11) is -3.56. The van der Waals surface area contributed by atoms with Crippen LogP contribution in [-0.4, -0.2) is 32.0 Å². The Morgan fingerprint density at radius 1 is 1.04 bits per heavy atom. The number of carbonyl (C=O) groups excluding carboxylic acids is 2. The summed E-state index contributed by atoms with van der Waals surface area (Å²) in [5.41, 5.74) is 2.96. The number of sulfone groups is 1. The quantitative estimate of drug-likeness (QED) is 0.540. The number of fused-ring (bicyclic) bond motifs is 1. The van der Waals surface area contributed by atoms with Gasteiger partial charge in [0, 0.05) is 5.56 Å². The van der Waals surface area contributed by atoms with Crippen LogP contribution in [0.25, 0.3) is 0 Å². The van der Waals surface area contributed by atoms with Crippen molar-refractivity contribution in [2.75, 3.05) is 5.75 Å². The highest BCUT2D eigenvalue weighted by Crippen LogP contribution is 2.23. The molecule has 2 aromatic rings. The molecule has 3 rings (SSSR count). The topological polar surface area (TPSA) is 77.5 Å². The zero-order valence-corrected chi connectivity index (χ0v) is 16.0. The van der Waals surface area contributed by atoms with Crippen LogP contribution < -0.4 is 0 Å². The third-order valence-electron chi connectivity index (χ3n) is 4.74. The average Bonchev–Trinajstić information content (AvgIpc) is 3.14. The number of benzene rings is 2. The van der Waals surface area contributed by atoms with Gasteiger partial charge in [0.25, 0.3) is 0 Å². The minimum absolute atomic E-state index is 0.167. The lowest BCUT2D eigenvalue weighted by Crippen LogP contribution is -2.25. The molecular weight excluding hydrogens is 364 g/mol. The van der Waals surface area contributed by atoms with Crippen LogP contribution in [0.15, 0.2) is 53.4 Å². The van der Waals surface area contributed by atoms with Gasteiger partial charge in [-0.2, -0.15) is 0 Å². The molecule has 0 fully saturated rings. The summed E-state index contributed by atoms with van der Waals surface area (Å²) < 4.78 is 29.6. The van der Waals surface area contributed by atoms with E-state index in [1.807, 2.05) is 12.1 Å². The van der Waals surface area contributed by atoms with Crippen molar-refractivity contribution in [3.05, 3.63) is 65.2 Å². The van der Waals surface area contributed by atoms with E-state index >= 15 is 0 Å². The molecule has 0 saturated carbocycles. The first-order valence-corrected chi connectivity index (χ1v) is 10.7. The number of ether oxygens (including phenoxy) is 1. The van der Waals surface area contributed by atoms with Crippen LogP contribution in [0.1, 0.15) is 41.3 Å². The van der Waals surface area contributed by atoms with Gasteiger partial charge in [-0.05, 0) is 55.5 Å². The lowest BCUT2D eigenvalue weighted by atomic mass is 10.0. The maximum absolute atomic E-state index is 12.5. The standard InChI is InChI=1S/C21H22O5S/c1-15(21(23)18-11-10-16-6-5-7-17(16)14-18)26-20(22)12-13-27(24,25)19-8-3-2-4-9-19/h2-4,8-11,14-15H,5-7,12-13H2,1H3. The van der Waals surface area contributed by atoms with Gasteiger partial charge < -0.3 is 4.74 Å². The highest BCUT2D eigenvalue weighted by atomic mass is 32.2. The smallest absolute Gasteiger partial charge is 0.307 e. The van der Waals surface area contributed by atoms with Crippen LogP contribution in [0.3, 0.4) is 0 Å². The summed E-state index contributed by atoms with van der Waals surface area (Å²) >= 11 is 0. The molecule has 1 unspecified atom stereocenters. The summed E-state index contributed by atoms with van der Waals surface area (Å²) in [4.78, 5) is 24.7. The van der Waals surface area contributed by atoms with E-state index in [4.69, 9.17) is 4.74 Å². The Kier molecular flexibility index (Phi) is 5.75. The Hall–Kier alpha value is -2.47. The van der Waals surface area contributed by atoms with Crippen molar-refractivity contribution in [2.24, 2.45) is 0 Å². The van der Waals surface area contributed by atoms with E-state index < -0.39 is 21.9 Å². The van der Waals surface area contributed by atoms with Crippen LogP contribution in [0.2, 0.25) is 0 Å². The normalized spacial score (nSPS) is 14.4. The number of carbonyl (C=O) groups is 2. The van der Waals surface area contributed by atoms with Gasteiger partial charge in [0.2, 0.25) is 5.78 Å². The number of rotatable bonds is 7. The number of ketones is 1. The fourth-order valence-electron chi connectivity index (χ4n) is 3.23. The molecule has 0 N–H and O–H groups in total. The van der Waals surface area contributed by atoms with Gasteiger partial charge in [-0.25, -0.2) is 8.42 Å². The van der Waals surface area contributed by atoms with E-state index in [0.29, 0.717) is 5.56 Å². The number of Topliss-reactive ketones (excluding diaryl/α,β-unsaturated/α-hetero) is 1. The van der Waals surface area contributed by atoms with Crippen molar-refractivity contribution in [2.45, 2.75) is 43.6 Å². The first-order chi connectivity index (χ1) is 12.9. The summed E-state index contributed by atoms with van der Waals surface area (Å²) in [5.74, 6) is -1.32. The molecule has 27 heavy (non-hydrogen) atoms. The molecule has 142 valence electrons. The molecule has 0 radical (unpaired) electrons. The molecule has 1 aliphatic carbocycles. The summed E-state index contributed by atoms with van der Waals surface area (Å²) in [6.07, 6.45) is 1.84. The molecule has 0 amide bonds. The van der Waals surface area contributed by atoms with Crippen molar-refractivity contribution < 1.29 is 22.7 Å². The van der Waals surface area contributed by atoms with E-state index in [0.717, 1.165) is 19.3 Å². The predicted molar refractivity (Wildman–Crippen MR) is 101 cm³/mol. The lowest BCUT2D eigenvalue weighted by molar-refractivity contribution is -0.145. The molecule has 5 nitrogen and oxygen atoms in total. The lowest BCUT2D eigenvalue weighted by Gasteiger charge is -2.13. The zero-order chi connectivity index (χ0) is 19.4. The highest BCUT2D eigenvalue weighted by Gasteiger charge is 2.23. The summed E-state index contributed by atoms with van der Waals surface area (Å²) in [6, 6.07) is 13.5. The first-order valence-electron chi connectivity index (χ1n) is 9.00. The second-order valence-electron chi connectivity index (χ2n) is 6.72. The van der Waals surface area contributed by atoms with Crippen molar-refractivity contribution in [1.29, 1.82) is 0 Å². The average molecular weight is 386 g/mol. The Morgan fingerprint density at radius 2 is 1.74 bits per heavy atom. The molecule has 0 aromatic heterocycles. The van der Waals surface area contributed by atoms with Crippen molar-refractivity contribution >= 4 is 21.6 Å². The number of esters is 1. The van der Waals surface area contributed by atoms with Gasteiger partial charge in [0.15, 0.2) is 15.9 Å². The SMILES string of the molecule is CC(OC(=O)CCS(=O)(=O)c1ccccc1)C(=O)c1ccc2c(c1)CCC2. The molecule has 6 heteroatoms.